The number of benzene rings is 2. The number of pyridine rings is 1. The van der Waals surface area contributed by atoms with Crippen molar-refractivity contribution in [3.63, 3.8) is 0 Å². The number of carbonyl (C=O) groups is 1. The maximum Gasteiger partial charge on any atom is 0.274 e. The number of carbonyl (C=O) groups excluding carboxylic acids is 1. The van der Waals surface area contributed by atoms with Gasteiger partial charge in [-0.1, -0.05) is 24.3 Å². The molecule has 1 aliphatic carbocycles. The van der Waals surface area contributed by atoms with E-state index in [4.69, 9.17) is 9.47 Å². The van der Waals surface area contributed by atoms with Gasteiger partial charge in [0.25, 0.3) is 5.91 Å². The second-order valence-electron chi connectivity index (χ2n) is 8.86. The Morgan fingerprint density at radius 2 is 1.69 bits per heavy atom. The molecule has 184 valence electrons. The van der Waals surface area contributed by atoms with Crippen LogP contribution in [0.2, 0.25) is 0 Å². The van der Waals surface area contributed by atoms with Gasteiger partial charge in [0, 0.05) is 12.4 Å². The number of nitrogens with one attached hydrogen (secondary N) is 1. The Bertz CT molecular complexity index is 1270. The summed E-state index contributed by atoms with van der Waals surface area (Å²) in [7, 11) is 0. The van der Waals surface area contributed by atoms with Gasteiger partial charge >= 0.3 is 0 Å². The lowest BCUT2D eigenvalue weighted by Crippen LogP contribution is -2.40. The molecule has 2 aliphatic rings. The van der Waals surface area contributed by atoms with Crippen molar-refractivity contribution in [3.8, 4) is 11.5 Å². The van der Waals surface area contributed by atoms with Crippen molar-refractivity contribution in [2.24, 2.45) is 0 Å². The van der Waals surface area contributed by atoms with Gasteiger partial charge in [-0.15, -0.1) is 0 Å². The zero-order valence-electron chi connectivity index (χ0n) is 20.7. The lowest BCUT2D eigenvalue weighted by Gasteiger charge is -2.27. The van der Waals surface area contributed by atoms with E-state index in [1.54, 1.807) is 29.5 Å². The number of hydrazine groups is 1. The molecule has 0 fully saturated rings. The summed E-state index contributed by atoms with van der Waals surface area (Å²) in [5.74, 6) is 1.59. The third-order valence-corrected chi connectivity index (χ3v) is 6.52. The van der Waals surface area contributed by atoms with Crippen molar-refractivity contribution in [1.82, 2.24) is 15.4 Å². The molecule has 3 aromatic rings. The van der Waals surface area contributed by atoms with Crippen LogP contribution in [0.5, 0.6) is 11.5 Å². The van der Waals surface area contributed by atoms with Crippen molar-refractivity contribution >= 4 is 12.0 Å². The second kappa shape index (κ2) is 10.7. The van der Waals surface area contributed by atoms with Crippen molar-refractivity contribution in [1.29, 1.82) is 0 Å². The standard InChI is InChI=1S/C30H31N3O3/c1-3-35-25-14-10-21(11-15-25)19-23-7-5-9-27-28(23)32-33(30(34)24-8-6-18-31-20-24)29(27)22-12-16-26(17-13-22)36-4-2/h6,8,10-20,29,32H,3-5,7,9H2,1-2H3/b23-19+/t29-/m1/s1. The Morgan fingerprint density at radius 1 is 1.00 bits per heavy atom. The number of allylic oxidation sites excluding steroid dienone is 1. The van der Waals surface area contributed by atoms with Crippen LogP contribution in [-0.4, -0.2) is 29.1 Å². The first-order valence-electron chi connectivity index (χ1n) is 12.6. The van der Waals surface area contributed by atoms with Crippen LogP contribution in [0.3, 0.4) is 0 Å². The minimum atomic E-state index is -0.201. The summed E-state index contributed by atoms with van der Waals surface area (Å²) >= 11 is 0. The summed E-state index contributed by atoms with van der Waals surface area (Å²) in [6, 6.07) is 19.6. The predicted molar refractivity (Wildman–Crippen MR) is 140 cm³/mol. The highest BCUT2D eigenvalue weighted by atomic mass is 16.5. The van der Waals surface area contributed by atoms with E-state index in [-0.39, 0.29) is 11.9 Å². The van der Waals surface area contributed by atoms with E-state index in [1.807, 2.05) is 38.1 Å². The minimum Gasteiger partial charge on any atom is -0.494 e. The summed E-state index contributed by atoms with van der Waals surface area (Å²) in [5.41, 5.74) is 9.70. The first-order chi connectivity index (χ1) is 17.7. The molecule has 2 heterocycles. The van der Waals surface area contributed by atoms with Gasteiger partial charge in [-0.3, -0.25) is 15.2 Å². The molecule has 0 bridgehead atoms. The van der Waals surface area contributed by atoms with Crippen LogP contribution in [0.25, 0.3) is 6.08 Å². The van der Waals surface area contributed by atoms with E-state index in [9.17, 15) is 4.79 Å². The molecule has 1 aliphatic heterocycles. The maximum atomic E-state index is 13.6. The van der Waals surface area contributed by atoms with Gasteiger partial charge in [0.1, 0.15) is 17.5 Å². The molecular formula is C30H31N3O3. The minimum absolute atomic E-state index is 0.100. The fourth-order valence-electron chi connectivity index (χ4n) is 4.92. The van der Waals surface area contributed by atoms with Gasteiger partial charge < -0.3 is 9.47 Å². The molecular weight excluding hydrogens is 450 g/mol. The Morgan fingerprint density at radius 3 is 2.33 bits per heavy atom. The van der Waals surface area contributed by atoms with Gasteiger partial charge in [-0.05, 0) is 97.9 Å². The lowest BCUT2D eigenvalue weighted by atomic mass is 9.85. The molecule has 0 spiro atoms. The molecule has 36 heavy (non-hydrogen) atoms. The fraction of sp³-hybridized carbons (Fsp3) is 0.267. The van der Waals surface area contributed by atoms with Crippen molar-refractivity contribution in [2.75, 3.05) is 13.2 Å². The molecule has 1 amide bonds. The molecule has 1 atom stereocenters. The van der Waals surface area contributed by atoms with Crippen LogP contribution in [0, 0.1) is 0 Å². The van der Waals surface area contributed by atoms with E-state index >= 15 is 0 Å². The molecule has 0 radical (unpaired) electrons. The van der Waals surface area contributed by atoms with Gasteiger partial charge in [0.05, 0.1) is 24.5 Å². The summed E-state index contributed by atoms with van der Waals surface area (Å²) < 4.78 is 11.2. The number of hydrogen-bond donors (Lipinski definition) is 1. The Hall–Kier alpha value is -4.06. The SMILES string of the molecule is CCOc1ccc(/C=C2\CCCC3=C2NN(C(=O)c2cccnc2)[C@@H]3c2ccc(OCC)cc2)cc1. The fourth-order valence-corrected chi connectivity index (χ4v) is 4.92. The number of nitrogens with zero attached hydrogens (tertiary/aromatic N) is 2. The third kappa shape index (κ3) is 4.85. The number of hydrogen-bond acceptors (Lipinski definition) is 5. The number of rotatable bonds is 7. The maximum absolute atomic E-state index is 13.6. The molecule has 2 aromatic carbocycles. The quantitative estimate of drug-likeness (QED) is 0.442. The summed E-state index contributed by atoms with van der Waals surface area (Å²) in [4.78, 5) is 17.8. The van der Waals surface area contributed by atoms with E-state index in [0.717, 1.165) is 47.6 Å². The molecule has 5 rings (SSSR count). The second-order valence-corrected chi connectivity index (χ2v) is 8.86. The van der Waals surface area contributed by atoms with Gasteiger partial charge in [0.2, 0.25) is 0 Å². The molecule has 0 saturated heterocycles. The van der Waals surface area contributed by atoms with Crippen LogP contribution in [0.1, 0.15) is 60.6 Å². The molecule has 6 nitrogen and oxygen atoms in total. The van der Waals surface area contributed by atoms with Crippen LogP contribution < -0.4 is 14.9 Å². The van der Waals surface area contributed by atoms with Crippen LogP contribution in [0.4, 0.5) is 0 Å². The average Bonchev–Trinajstić information content (AvgIpc) is 3.31. The van der Waals surface area contributed by atoms with E-state index in [0.29, 0.717) is 18.8 Å². The van der Waals surface area contributed by atoms with E-state index < -0.39 is 0 Å². The topological polar surface area (TPSA) is 63.7 Å². The molecule has 1 N–H and O–H groups in total. The first kappa shape index (κ1) is 23.7. The molecule has 0 unspecified atom stereocenters. The highest BCUT2D eigenvalue weighted by Gasteiger charge is 2.39. The highest BCUT2D eigenvalue weighted by Crippen LogP contribution is 2.44. The smallest absolute Gasteiger partial charge is 0.274 e. The monoisotopic (exact) mass is 481 g/mol. The Balaban J connectivity index is 1.52. The third-order valence-electron chi connectivity index (χ3n) is 6.52. The zero-order chi connectivity index (χ0) is 24.9. The number of ether oxygens (including phenoxy) is 2. The van der Waals surface area contributed by atoms with Gasteiger partial charge in [-0.2, -0.15) is 0 Å². The average molecular weight is 482 g/mol. The van der Waals surface area contributed by atoms with E-state index in [2.05, 4.69) is 40.8 Å². The number of amides is 1. The molecule has 1 aromatic heterocycles. The first-order valence-corrected chi connectivity index (χ1v) is 12.6. The van der Waals surface area contributed by atoms with E-state index in [1.165, 1.54) is 11.1 Å². The summed E-state index contributed by atoms with van der Waals surface area (Å²) in [6.07, 6.45) is 8.42. The Labute approximate surface area is 212 Å². The van der Waals surface area contributed by atoms with Crippen molar-refractivity contribution < 1.29 is 14.3 Å². The van der Waals surface area contributed by atoms with Crippen LogP contribution in [-0.2, 0) is 0 Å². The van der Waals surface area contributed by atoms with Crippen LogP contribution in [0.15, 0.2) is 89.9 Å². The largest absolute Gasteiger partial charge is 0.494 e. The lowest BCUT2D eigenvalue weighted by molar-refractivity contribution is 0.0656. The predicted octanol–water partition coefficient (Wildman–Crippen LogP) is 6.10. The number of aromatic nitrogens is 1. The van der Waals surface area contributed by atoms with Crippen molar-refractivity contribution in [2.45, 2.75) is 39.2 Å². The van der Waals surface area contributed by atoms with Crippen LogP contribution >= 0.6 is 0 Å². The highest BCUT2D eigenvalue weighted by molar-refractivity contribution is 5.94. The molecule has 0 saturated carbocycles. The van der Waals surface area contributed by atoms with Crippen molar-refractivity contribution in [3.05, 3.63) is 107 Å². The molecule has 6 heteroatoms. The van der Waals surface area contributed by atoms with Gasteiger partial charge in [0.15, 0.2) is 0 Å². The van der Waals surface area contributed by atoms with Gasteiger partial charge in [-0.25, -0.2) is 5.01 Å². The Kier molecular flexibility index (Phi) is 7.03. The summed E-state index contributed by atoms with van der Waals surface area (Å²) in [5, 5.41) is 1.76. The summed E-state index contributed by atoms with van der Waals surface area (Å²) in [6.45, 7) is 5.22. The zero-order valence-corrected chi connectivity index (χ0v) is 20.7. The normalized spacial score (nSPS) is 18.1.